The summed E-state index contributed by atoms with van der Waals surface area (Å²) in [5.41, 5.74) is 2.39. The lowest BCUT2D eigenvalue weighted by Crippen LogP contribution is -2.29. The Balaban J connectivity index is 1.67. The maximum atomic E-state index is 13.8. The van der Waals surface area contributed by atoms with E-state index >= 15 is 0 Å². The Hall–Kier alpha value is -3.56. The number of aromatic nitrogens is 2. The highest BCUT2D eigenvalue weighted by Gasteiger charge is 2.36. The number of thiophene rings is 1. The number of allylic oxidation sites excluding steroid dienone is 3. The van der Waals surface area contributed by atoms with Crippen LogP contribution in [0.5, 0.6) is 0 Å². The first-order valence-corrected chi connectivity index (χ1v) is 11.4. The molecule has 6 nitrogen and oxygen atoms in total. The summed E-state index contributed by atoms with van der Waals surface area (Å²) in [6.07, 6.45) is 6.16. The Kier molecular flexibility index (Phi) is 7.04. The molecule has 9 heteroatoms. The van der Waals surface area contributed by atoms with Crippen LogP contribution in [0, 0.1) is 11.6 Å². The largest absolute Gasteiger partial charge is 0.508 e. The van der Waals surface area contributed by atoms with E-state index in [4.69, 9.17) is 4.74 Å². The van der Waals surface area contributed by atoms with E-state index in [0.29, 0.717) is 24.2 Å². The van der Waals surface area contributed by atoms with Crippen molar-refractivity contribution in [1.82, 2.24) is 14.7 Å². The number of nitrogens with zero attached hydrogens (tertiary/aromatic N) is 3. The highest BCUT2D eigenvalue weighted by atomic mass is 32.1. The van der Waals surface area contributed by atoms with Gasteiger partial charge in [0.25, 0.3) is 5.91 Å². The smallest absolute Gasteiger partial charge is 0.250 e. The average molecular weight is 484 g/mol. The third-order valence-electron chi connectivity index (χ3n) is 5.34. The van der Waals surface area contributed by atoms with Gasteiger partial charge in [0.05, 0.1) is 10.6 Å². The van der Waals surface area contributed by atoms with E-state index in [9.17, 15) is 18.7 Å². The summed E-state index contributed by atoms with van der Waals surface area (Å²) in [5, 5.41) is 16.0. The number of hydrogen-bond acceptors (Lipinski definition) is 5. The first-order valence-electron chi connectivity index (χ1n) is 10.6. The molecule has 1 unspecified atom stereocenters. The van der Waals surface area contributed by atoms with E-state index in [1.807, 2.05) is 24.4 Å². The summed E-state index contributed by atoms with van der Waals surface area (Å²) in [5.74, 6) is -1.53. The van der Waals surface area contributed by atoms with Gasteiger partial charge < -0.3 is 14.7 Å². The summed E-state index contributed by atoms with van der Waals surface area (Å²) in [4.78, 5) is 15.1. The predicted octanol–water partition coefficient (Wildman–Crippen LogP) is 5.70. The maximum absolute atomic E-state index is 13.8. The standard InChI is InChI=1S/C25H23F2N3O3S/c1-3-20(31)7-6-16(2)8-9-29-23(32)15-33-25(29)21-14-30(19-12-17(26)11-18(27)13-19)28-24(21)22-5-4-10-34-22/h3-7,10-14,25,31H,1,8-9,15H2,2H3/b16-6+,20-7+. The second-order valence-electron chi connectivity index (χ2n) is 7.79. The molecule has 176 valence electrons. The predicted molar refractivity (Wildman–Crippen MR) is 126 cm³/mol. The van der Waals surface area contributed by atoms with Gasteiger partial charge in [0.2, 0.25) is 0 Å². The summed E-state index contributed by atoms with van der Waals surface area (Å²) < 4.78 is 34.9. The Morgan fingerprint density at radius 1 is 1.32 bits per heavy atom. The van der Waals surface area contributed by atoms with Gasteiger partial charge in [-0.2, -0.15) is 5.10 Å². The molecule has 1 amide bonds. The fourth-order valence-corrected chi connectivity index (χ4v) is 4.34. The molecule has 4 rings (SSSR count). The molecule has 0 saturated carbocycles. The van der Waals surface area contributed by atoms with E-state index in [1.165, 1.54) is 34.2 Å². The minimum absolute atomic E-state index is 0.0552. The molecule has 3 heterocycles. The van der Waals surface area contributed by atoms with Crippen LogP contribution in [0.3, 0.4) is 0 Å². The van der Waals surface area contributed by atoms with Crippen molar-refractivity contribution in [3.8, 4) is 16.3 Å². The van der Waals surface area contributed by atoms with Gasteiger partial charge in [-0.25, -0.2) is 13.5 Å². The number of aliphatic hydroxyl groups excluding tert-OH is 1. The van der Waals surface area contributed by atoms with Crippen LogP contribution >= 0.6 is 11.3 Å². The molecule has 1 atom stereocenters. The summed E-state index contributed by atoms with van der Waals surface area (Å²) in [7, 11) is 0. The summed E-state index contributed by atoms with van der Waals surface area (Å²) >= 11 is 1.47. The van der Waals surface area contributed by atoms with Gasteiger partial charge in [-0.3, -0.25) is 4.79 Å². The Morgan fingerprint density at radius 3 is 2.76 bits per heavy atom. The van der Waals surface area contributed by atoms with Crippen LogP contribution in [0.4, 0.5) is 8.78 Å². The van der Waals surface area contributed by atoms with Crippen LogP contribution in [0.15, 0.2) is 78.0 Å². The molecule has 1 N–H and O–H groups in total. The quantitative estimate of drug-likeness (QED) is 0.330. The van der Waals surface area contributed by atoms with Crippen LogP contribution in [0.25, 0.3) is 16.3 Å². The number of benzene rings is 1. The fourth-order valence-electron chi connectivity index (χ4n) is 3.61. The lowest BCUT2D eigenvalue weighted by Gasteiger charge is -2.23. The molecule has 1 aromatic carbocycles. The van der Waals surface area contributed by atoms with E-state index in [-0.39, 0.29) is 24.0 Å². The van der Waals surface area contributed by atoms with Crippen LogP contribution < -0.4 is 0 Å². The molecule has 3 aromatic rings. The van der Waals surface area contributed by atoms with Gasteiger partial charge >= 0.3 is 0 Å². The van der Waals surface area contributed by atoms with Gasteiger partial charge in [0, 0.05) is 24.4 Å². The van der Waals surface area contributed by atoms with E-state index in [2.05, 4.69) is 11.7 Å². The molecule has 34 heavy (non-hydrogen) atoms. The van der Waals surface area contributed by atoms with E-state index in [1.54, 1.807) is 23.2 Å². The molecule has 0 bridgehead atoms. The van der Waals surface area contributed by atoms with Gasteiger partial charge in [0.1, 0.15) is 29.7 Å². The number of hydrogen-bond donors (Lipinski definition) is 1. The second kappa shape index (κ2) is 10.1. The third kappa shape index (κ3) is 5.16. The lowest BCUT2D eigenvalue weighted by molar-refractivity contribution is -0.128. The van der Waals surface area contributed by atoms with Crippen molar-refractivity contribution in [3.05, 3.63) is 95.2 Å². The van der Waals surface area contributed by atoms with Crippen LogP contribution in [0.2, 0.25) is 0 Å². The molecular weight excluding hydrogens is 460 g/mol. The number of halogens is 2. The highest BCUT2D eigenvalue weighted by Crippen LogP contribution is 2.37. The van der Waals surface area contributed by atoms with E-state index < -0.39 is 17.9 Å². The molecule has 1 aliphatic heterocycles. The first kappa shape index (κ1) is 23.6. The van der Waals surface area contributed by atoms with Crippen LogP contribution in [-0.4, -0.2) is 38.8 Å². The summed E-state index contributed by atoms with van der Waals surface area (Å²) in [6, 6.07) is 6.95. The van der Waals surface area contributed by atoms with Crippen molar-refractivity contribution in [3.63, 3.8) is 0 Å². The fraction of sp³-hybridized carbons (Fsp3) is 0.200. The number of aliphatic hydroxyl groups is 1. The summed E-state index contributed by atoms with van der Waals surface area (Å²) in [6.45, 7) is 5.71. The third-order valence-corrected chi connectivity index (χ3v) is 6.21. The van der Waals surface area contributed by atoms with Crippen LogP contribution in [-0.2, 0) is 9.53 Å². The number of rotatable bonds is 8. The maximum Gasteiger partial charge on any atom is 0.250 e. The molecule has 0 spiro atoms. The van der Waals surface area contributed by atoms with Crippen molar-refractivity contribution >= 4 is 17.2 Å². The molecule has 1 saturated heterocycles. The minimum atomic E-state index is -0.711. The van der Waals surface area contributed by atoms with Gasteiger partial charge in [-0.05, 0) is 49.1 Å². The Bertz CT molecular complexity index is 1240. The highest BCUT2D eigenvalue weighted by molar-refractivity contribution is 7.13. The molecular formula is C25H23F2N3O3S. The zero-order valence-electron chi connectivity index (χ0n) is 18.4. The van der Waals surface area contributed by atoms with E-state index in [0.717, 1.165) is 16.5 Å². The zero-order chi connectivity index (χ0) is 24.2. The zero-order valence-corrected chi connectivity index (χ0v) is 19.3. The SMILES string of the molecule is C=C/C(O)=C\C=C(/C)CCN1C(=O)COC1c1cn(-c2cc(F)cc(F)c2)nc1-c1cccs1. The Labute approximate surface area is 199 Å². The lowest BCUT2D eigenvalue weighted by atomic mass is 10.1. The normalized spacial score (nSPS) is 17.0. The van der Waals surface area contributed by atoms with Crippen molar-refractivity contribution in [2.75, 3.05) is 13.2 Å². The Morgan fingerprint density at radius 2 is 2.09 bits per heavy atom. The van der Waals surface area contributed by atoms with Crippen LogP contribution in [0.1, 0.15) is 25.1 Å². The van der Waals surface area contributed by atoms with Gasteiger partial charge in [0.15, 0.2) is 6.23 Å². The molecule has 0 radical (unpaired) electrons. The van der Waals surface area contributed by atoms with Crippen molar-refractivity contribution < 1.29 is 23.4 Å². The average Bonchev–Trinajstić information content (AvgIpc) is 3.54. The molecule has 1 fully saturated rings. The topological polar surface area (TPSA) is 67.6 Å². The number of ether oxygens (including phenoxy) is 1. The molecule has 0 aliphatic carbocycles. The minimum Gasteiger partial charge on any atom is -0.508 e. The second-order valence-corrected chi connectivity index (χ2v) is 8.74. The molecule has 2 aromatic heterocycles. The first-order chi connectivity index (χ1) is 16.4. The number of carbonyl (C=O) groups is 1. The number of amides is 1. The van der Waals surface area contributed by atoms with Gasteiger partial charge in [-0.15, -0.1) is 11.3 Å². The van der Waals surface area contributed by atoms with Gasteiger partial charge in [-0.1, -0.05) is 24.3 Å². The van der Waals surface area contributed by atoms with Crippen molar-refractivity contribution in [2.24, 2.45) is 0 Å². The van der Waals surface area contributed by atoms with Crippen molar-refractivity contribution in [1.29, 1.82) is 0 Å². The monoisotopic (exact) mass is 483 g/mol. The molecule has 1 aliphatic rings. The van der Waals surface area contributed by atoms with Crippen molar-refractivity contribution in [2.45, 2.75) is 19.6 Å². The number of carbonyl (C=O) groups excluding carboxylic acids is 1.